The third-order valence-corrected chi connectivity index (χ3v) is 7.14. The van der Waals surface area contributed by atoms with Crippen molar-refractivity contribution < 1.29 is 32.2 Å². The third-order valence-electron chi connectivity index (χ3n) is 6.21. The highest BCUT2D eigenvalue weighted by Crippen LogP contribution is 2.33. The number of rotatable bonds is 10. The van der Waals surface area contributed by atoms with Gasteiger partial charge in [-0.1, -0.05) is 36.0 Å². The molecule has 0 aliphatic carbocycles. The zero-order valence-electron chi connectivity index (χ0n) is 23.2. The fraction of sp³-hybridized carbons (Fsp3) is 0.241. The summed E-state index contributed by atoms with van der Waals surface area (Å²) in [5.41, 5.74) is 1.47. The van der Waals surface area contributed by atoms with E-state index < -0.39 is 23.2 Å². The monoisotopic (exact) mass is 599 g/mol. The molecule has 0 bridgehead atoms. The summed E-state index contributed by atoms with van der Waals surface area (Å²) in [5.74, 6) is -0.152. The molecular formula is C29H28F3N5O4S. The van der Waals surface area contributed by atoms with Crippen LogP contribution < -0.4 is 20.1 Å². The Morgan fingerprint density at radius 2 is 1.74 bits per heavy atom. The molecule has 0 saturated carbocycles. The van der Waals surface area contributed by atoms with Crippen LogP contribution in [0.4, 0.5) is 18.9 Å². The largest absolute Gasteiger partial charge is 0.497 e. The van der Waals surface area contributed by atoms with Crippen molar-refractivity contribution in [2.24, 2.45) is 0 Å². The first-order valence-electron chi connectivity index (χ1n) is 12.6. The van der Waals surface area contributed by atoms with Crippen LogP contribution in [0.3, 0.4) is 0 Å². The molecule has 0 aliphatic rings. The zero-order chi connectivity index (χ0) is 30.4. The first kappa shape index (κ1) is 30.4. The summed E-state index contributed by atoms with van der Waals surface area (Å²) in [7, 11) is 2.96. The summed E-state index contributed by atoms with van der Waals surface area (Å²) in [6.45, 7) is 3.55. The summed E-state index contributed by atoms with van der Waals surface area (Å²) in [4.78, 5) is 25.7. The molecule has 9 nitrogen and oxygen atoms in total. The fourth-order valence-electron chi connectivity index (χ4n) is 4.09. The van der Waals surface area contributed by atoms with E-state index in [9.17, 15) is 22.8 Å². The van der Waals surface area contributed by atoms with E-state index in [1.54, 1.807) is 22.8 Å². The predicted molar refractivity (Wildman–Crippen MR) is 152 cm³/mol. The lowest BCUT2D eigenvalue weighted by molar-refractivity contribution is -0.138. The second kappa shape index (κ2) is 13.0. The smallest absolute Gasteiger partial charge is 0.417 e. The molecule has 0 unspecified atom stereocenters. The lowest BCUT2D eigenvalue weighted by atomic mass is 10.1. The minimum absolute atomic E-state index is 0.0247. The molecule has 3 aromatic carbocycles. The van der Waals surface area contributed by atoms with E-state index in [1.165, 1.54) is 26.4 Å². The Hall–Kier alpha value is -4.52. The number of benzene rings is 3. The van der Waals surface area contributed by atoms with Crippen LogP contribution in [0.5, 0.6) is 11.5 Å². The Bertz CT molecular complexity index is 1610. The summed E-state index contributed by atoms with van der Waals surface area (Å²) >= 11 is 1.09. The molecule has 0 spiro atoms. The molecule has 2 N–H and O–H groups in total. The van der Waals surface area contributed by atoms with Crippen molar-refractivity contribution in [3.63, 3.8) is 0 Å². The molecule has 1 aromatic heterocycles. The van der Waals surface area contributed by atoms with E-state index in [1.807, 2.05) is 32.0 Å². The summed E-state index contributed by atoms with van der Waals surface area (Å²) in [6, 6.07) is 15.3. The van der Waals surface area contributed by atoms with E-state index >= 15 is 0 Å². The SMILES string of the molecule is COc1ccc(OC)c(-n2c(CNC(=O)c3ccccc3C(F)(F)F)nnc2SCC(=O)Nc2cc(C)ccc2C)c1. The maximum atomic E-state index is 13.5. The average molecular weight is 600 g/mol. The Morgan fingerprint density at radius 1 is 0.976 bits per heavy atom. The van der Waals surface area contributed by atoms with Crippen molar-refractivity contribution in [1.82, 2.24) is 20.1 Å². The van der Waals surface area contributed by atoms with Crippen LogP contribution in [0.1, 0.15) is 32.9 Å². The van der Waals surface area contributed by atoms with Crippen LogP contribution in [-0.2, 0) is 17.5 Å². The van der Waals surface area contributed by atoms with Crippen LogP contribution in [-0.4, -0.2) is 46.6 Å². The maximum Gasteiger partial charge on any atom is 0.417 e. The molecular weight excluding hydrogens is 571 g/mol. The average Bonchev–Trinajstić information content (AvgIpc) is 3.38. The second-order valence-electron chi connectivity index (χ2n) is 9.15. The number of alkyl halides is 3. The minimum atomic E-state index is -4.71. The fourth-order valence-corrected chi connectivity index (χ4v) is 4.86. The Balaban J connectivity index is 1.63. The van der Waals surface area contributed by atoms with E-state index in [-0.39, 0.29) is 29.2 Å². The molecule has 0 saturated heterocycles. The van der Waals surface area contributed by atoms with Gasteiger partial charge in [0.1, 0.15) is 11.5 Å². The number of anilines is 1. The number of aromatic nitrogens is 3. The highest BCUT2D eigenvalue weighted by molar-refractivity contribution is 7.99. The number of amides is 2. The van der Waals surface area contributed by atoms with E-state index in [4.69, 9.17) is 9.47 Å². The molecule has 0 atom stereocenters. The lowest BCUT2D eigenvalue weighted by Crippen LogP contribution is -2.27. The quantitative estimate of drug-likeness (QED) is 0.229. The number of carbonyl (C=O) groups excluding carboxylic acids is 2. The number of halogens is 3. The molecule has 0 fully saturated rings. The van der Waals surface area contributed by atoms with Gasteiger partial charge in [-0.15, -0.1) is 10.2 Å². The van der Waals surface area contributed by atoms with Crippen molar-refractivity contribution >= 4 is 29.3 Å². The Kier molecular flexibility index (Phi) is 9.41. The van der Waals surface area contributed by atoms with Crippen molar-refractivity contribution in [3.8, 4) is 17.2 Å². The molecule has 4 rings (SSSR count). The zero-order valence-corrected chi connectivity index (χ0v) is 24.0. The lowest BCUT2D eigenvalue weighted by Gasteiger charge is -2.16. The Morgan fingerprint density at radius 3 is 2.45 bits per heavy atom. The molecule has 2 amide bonds. The molecule has 42 heavy (non-hydrogen) atoms. The normalized spacial score (nSPS) is 11.2. The van der Waals surface area contributed by atoms with Gasteiger partial charge in [0.05, 0.1) is 43.3 Å². The highest BCUT2D eigenvalue weighted by atomic mass is 32.2. The molecule has 0 aliphatic heterocycles. The number of thioether (sulfide) groups is 1. The molecule has 0 radical (unpaired) electrons. The predicted octanol–water partition coefficient (Wildman–Crippen LogP) is 5.58. The van der Waals surface area contributed by atoms with Gasteiger partial charge >= 0.3 is 6.18 Å². The van der Waals surface area contributed by atoms with Crippen molar-refractivity contribution in [2.75, 3.05) is 25.3 Å². The maximum absolute atomic E-state index is 13.5. The van der Waals surface area contributed by atoms with Crippen LogP contribution in [0.25, 0.3) is 5.69 Å². The van der Waals surface area contributed by atoms with E-state index in [2.05, 4.69) is 20.8 Å². The standard InChI is InChI=1S/C29H28F3N5O4S/c1-17-9-10-18(2)22(13-17)34-26(38)16-42-28-36-35-25(37(28)23-14-19(40-3)11-12-24(23)41-4)15-33-27(39)20-7-5-6-8-21(20)29(30,31)32/h5-14H,15-16H2,1-4H3,(H,33,39)(H,34,38). The molecule has 13 heteroatoms. The third kappa shape index (κ3) is 7.03. The topological polar surface area (TPSA) is 107 Å². The minimum Gasteiger partial charge on any atom is -0.497 e. The van der Waals surface area contributed by atoms with Gasteiger partial charge in [-0.25, -0.2) is 0 Å². The van der Waals surface area contributed by atoms with Crippen LogP contribution >= 0.6 is 11.8 Å². The van der Waals surface area contributed by atoms with Gasteiger partial charge in [0.25, 0.3) is 5.91 Å². The number of carbonyl (C=O) groups is 2. The molecule has 4 aromatic rings. The molecule has 220 valence electrons. The van der Waals surface area contributed by atoms with Crippen LogP contribution in [0, 0.1) is 13.8 Å². The van der Waals surface area contributed by atoms with Gasteiger partial charge in [-0.3, -0.25) is 14.2 Å². The number of nitrogens with one attached hydrogen (secondary N) is 2. The van der Waals surface area contributed by atoms with Gasteiger partial charge in [0.2, 0.25) is 5.91 Å². The van der Waals surface area contributed by atoms with Gasteiger partial charge < -0.3 is 20.1 Å². The number of hydrogen-bond donors (Lipinski definition) is 2. The summed E-state index contributed by atoms with van der Waals surface area (Å²) in [6.07, 6.45) is -4.71. The van der Waals surface area contributed by atoms with Crippen LogP contribution in [0.2, 0.25) is 0 Å². The van der Waals surface area contributed by atoms with Crippen molar-refractivity contribution in [2.45, 2.75) is 31.7 Å². The molecule has 1 heterocycles. The number of hydrogen-bond acceptors (Lipinski definition) is 7. The number of aryl methyl sites for hydroxylation is 2. The van der Waals surface area contributed by atoms with Crippen molar-refractivity contribution in [3.05, 3.63) is 88.7 Å². The van der Waals surface area contributed by atoms with E-state index in [0.29, 0.717) is 22.9 Å². The van der Waals surface area contributed by atoms with Crippen molar-refractivity contribution in [1.29, 1.82) is 0 Å². The first-order valence-corrected chi connectivity index (χ1v) is 13.6. The second-order valence-corrected chi connectivity index (χ2v) is 10.1. The summed E-state index contributed by atoms with van der Waals surface area (Å²) in [5, 5.41) is 14.1. The number of ether oxygens (including phenoxy) is 2. The number of nitrogens with zero attached hydrogens (tertiary/aromatic N) is 3. The first-order chi connectivity index (χ1) is 20.0. The van der Waals surface area contributed by atoms with Gasteiger partial charge in [0, 0.05) is 11.8 Å². The van der Waals surface area contributed by atoms with Gasteiger partial charge in [-0.05, 0) is 55.3 Å². The highest BCUT2D eigenvalue weighted by Gasteiger charge is 2.35. The number of methoxy groups -OCH3 is 2. The Labute approximate surface area is 244 Å². The van der Waals surface area contributed by atoms with Gasteiger partial charge in [0.15, 0.2) is 11.0 Å². The van der Waals surface area contributed by atoms with E-state index in [0.717, 1.165) is 35.0 Å². The summed E-state index contributed by atoms with van der Waals surface area (Å²) < 4.78 is 52.9. The van der Waals surface area contributed by atoms with Gasteiger partial charge in [-0.2, -0.15) is 13.2 Å². The van der Waals surface area contributed by atoms with Crippen LogP contribution in [0.15, 0.2) is 65.8 Å².